The van der Waals surface area contributed by atoms with Gasteiger partial charge in [0.05, 0.1) is 11.1 Å². The lowest BCUT2D eigenvalue weighted by Gasteiger charge is -2.15. The van der Waals surface area contributed by atoms with Crippen molar-refractivity contribution in [3.8, 4) is 0 Å². The van der Waals surface area contributed by atoms with Crippen LogP contribution in [0.4, 0.5) is 18.9 Å². The number of nitrogens with one attached hydrogen (secondary N) is 1. The van der Waals surface area contributed by atoms with E-state index in [1.807, 2.05) is 0 Å². The van der Waals surface area contributed by atoms with Gasteiger partial charge in [0.2, 0.25) is 0 Å². The van der Waals surface area contributed by atoms with Gasteiger partial charge in [0.25, 0.3) is 5.91 Å². The van der Waals surface area contributed by atoms with E-state index in [9.17, 15) is 22.8 Å². The van der Waals surface area contributed by atoms with Gasteiger partial charge in [0, 0.05) is 5.69 Å². The lowest BCUT2D eigenvalue weighted by atomic mass is 10.1. The first-order valence-electron chi connectivity index (χ1n) is 7.43. The Morgan fingerprint density at radius 3 is 2.20 bits per heavy atom. The maximum atomic E-state index is 12.5. The number of amides is 1. The molecule has 1 amide bonds. The van der Waals surface area contributed by atoms with Crippen LogP contribution < -0.4 is 5.32 Å². The molecule has 0 aromatic heterocycles. The summed E-state index contributed by atoms with van der Waals surface area (Å²) in [6, 6.07) is 10.8. The number of hydrogen-bond acceptors (Lipinski definition) is 3. The molecule has 0 aliphatic carbocycles. The van der Waals surface area contributed by atoms with Crippen LogP contribution in [0.1, 0.15) is 28.4 Å². The zero-order valence-corrected chi connectivity index (χ0v) is 13.6. The Bertz CT molecular complexity index is 770. The summed E-state index contributed by atoms with van der Waals surface area (Å²) in [5, 5.41) is 2.41. The van der Waals surface area contributed by atoms with E-state index >= 15 is 0 Å². The van der Waals surface area contributed by atoms with Gasteiger partial charge in [-0.25, -0.2) is 4.79 Å². The van der Waals surface area contributed by atoms with Gasteiger partial charge in [-0.3, -0.25) is 4.79 Å². The van der Waals surface area contributed by atoms with Crippen molar-refractivity contribution in [3.05, 3.63) is 65.2 Å². The summed E-state index contributed by atoms with van der Waals surface area (Å²) in [5.41, 5.74) is 0.417. The number of benzene rings is 2. The predicted octanol–water partition coefficient (Wildman–Crippen LogP) is 4.20. The van der Waals surface area contributed by atoms with E-state index in [0.717, 1.165) is 24.3 Å². The van der Waals surface area contributed by atoms with Crippen molar-refractivity contribution in [3.63, 3.8) is 0 Å². The average molecular weight is 351 g/mol. The Morgan fingerprint density at radius 1 is 1.04 bits per heavy atom. The van der Waals surface area contributed by atoms with E-state index in [0.29, 0.717) is 11.1 Å². The van der Waals surface area contributed by atoms with Crippen LogP contribution in [0, 0.1) is 6.92 Å². The molecule has 0 fully saturated rings. The molecule has 0 unspecified atom stereocenters. The molecule has 0 radical (unpaired) electrons. The fourth-order valence-electron chi connectivity index (χ4n) is 2.07. The molecule has 0 spiro atoms. The van der Waals surface area contributed by atoms with Crippen molar-refractivity contribution < 1.29 is 27.5 Å². The fourth-order valence-corrected chi connectivity index (χ4v) is 2.07. The highest BCUT2D eigenvalue weighted by Gasteiger charge is 2.30. The Balaban J connectivity index is 1.98. The second-order valence-corrected chi connectivity index (χ2v) is 5.43. The Morgan fingerprint density at radius 2 is 1.64 bits per heavy atom. The first kappa shape index (κ1) is 18.5. The largest absolute Gasteiger partial charge is 0.449 e. The van der Waals surface area contributed by atoms with Crippen molar-refractivity contribution in [1.29, 1.82) is 0 Å². The molecule has 1 N–H and O–H groups in total. The van der Waals surface area contributed by atoms with Gasteiger partial charge in [-0.1, -0.05) is 18.2 Å². The molecule has 2 rings (SSSR count). The van der Waals surface area contributed by atoms with Crippen LogP contribution in [-0.4, -0.2) is 18.0 Å². The zero-order chi connectivity index (χ0) is 18.6. The Hall–Kier alpha value is -2.83. The van der Waals surface area contributed by atoms with E-state index in [2.05, 4.69) is 5.32 Å². The van der Waals surface area contributed by atoms with E-state index < -0.39 is 29.7 Å². The maximum absolute atomic E-state index is 12.5. The molecular formula is C18H16F3NO3. The van der Waals surface area contributed by atoms with Crippen LogP contribution in [0.2, 0.25) is 0 Å². The van der Waals surface area contributed by atoms with Crippen molar-refractivity contribution in [2.45, 2.75) is 26.1 Å². The van der Waals surface area contributed by atoms with Crippen molar-refractivity contribution in [2.75, 3.05) is 5.32 Å². The zero-order valence-electron chi connectivity index (χ0n) is 13.6. The number of hydrogen-bond donors (Lipinski definition) is 1. The van der Waals surface area contributed by atoms with Crippen molar-refractivity contribution in [1.82, 2.24) is 0 Å². The third-order valence-electron chi connectivity index (χ3n) is 3.50. The van der Waals surface area contributed by atoms with E-state index in [-0.39, 0.29) is 5.69 Å². The third kappa shape index (κ3) is 4.82. The van der Waals surface area contributed by atoms with Gasteiger partial charge < -0.3 is 10.1 Å². The van der Waals surface area contributed by atoms with E-state index in [1.54, 1.807) is 31.2 Å². The quantitative estimate of drug-likeness (QED) is 0.840. The summed E-state index contributed by atoms with van der Waals surface area (Å²) in [5.74, 6) is -1.28. The number of ether oxygens (including phenoxy) is 1. The highest BCUT2D eigenvalue weighted by atomic mass is 19.4. The molecule has 25 heavy (non-hydrogen) atoms. The number of carbonyl (C=O) groups excluding carboxylic acids is 2. The van der Waals surface area contributed by atoms with Gasteiger partial charge in [0.1, 0.15) is 0 Å². The summed E-state index contributed by atoms with van der Waals surface area (Å²) >= 11 is 0. The van der Waals surface area contributed by atoms with Gasteiger partial charge in [0.15, 0.2) is 6.10 Å². The molecule has 0 saturated carbocycles. The summed E-state index contributed by atoms with van der Waals surface area (Å²) in [6.45, 7) is 3.12. The van der Waals surface area contributed by atoms with E-state index in [1.165, 1.54) is 6.92 Å². The van der Waals surface area contributed by atoms with Crippen molar-refractivity contribution in [2.24, 2.45) is 0 Å². The lowest BCUT2D eigenvalue weighted by Crippen LogP contribution is -2.30. The molecule has 0 heterocycles. The molecule has 0 aliphatic rings. The minimum atomic E-state index is -4.45. The number of halogens is 3. The number of esters is 1. The molecule has 0 bridgehead atoms. The monoisotopic (exact) mass is 351 g/mol. The third-order valence-corrected chi connectivity index (χ3v) is 3.50. The van der Waals surface area contributed by atoms with Crippen LogP contribution >= 0.6 is 0 Å². The number of alkyl halides is 3. The summed E-state index contributed by atoms with van der Waals surface area (Å²) in [7, 11) is 0. The SMILES string of the molecule is Cc1ccccc1C(=O)O[C@@H](C)C(=O)Nc1ccc(C(F)(F)F)cc1. The minimum Gasteiger partial charge on any atom is -0.449 e. The Kier molecular flexibility index (Phi) is 5.46. The van der Waals surface area contributed by atoms with Gasteiger partial charge >= 0.3 is 12.1 Å². The van der Waals surface area contributed by atoms with Gasteiger partial charge in [-0.2, -0.15) is 13.2 Å². The van der Waals surface area contributed by atoms with Crippen LogP contribution in [0.5, 0.6) is 0 Å². The molecule has 0 aliphatic heterocycles. The highest BCUT2D eigenvalue weighted by molar-refractivity contribution is 5.97. The van der Waals surface area contributed by atoms with Crippen molar-refractivity contribution >= 4 is 17.6 Å². The Labute approximate surface area is 142 Å². The second-order valence-electron chi connectivity index (χ2n) is 5.43. The number of rotatable bonds is 4. The summed E-state index contributed by atoms with van der Waals surface area (Å²) in [4.78, 5) is 24.1. The normalized spacial score (nSPS) is 12.4. The fraction of sp³-hybridized carbons (Fsp3) is 0.222. The number of carbonyl (C=O) groups is 2. The van der Waals surface area contributed by atoms with Crippen LogP contribution in [-0.2, 0) is 15.7 Å². The predicted molar refractivity (Wildman–Crippen MR) is 86.1 cm³/mol. The summed E-state index contributed by atoms with van der Waals surface area (Å²) in [6.07, 6.45) is -5.55. The molecule has 7 heteroatoms. The first-order valence-corrected chi connectivity index (χ1v) is 7.43. The number of aryl methyl sites for hydroxylation is 1. The molecule has 1 atom stereocenters. The standard InChI is InChI=1S/C18H16F3NO3/c1-11-5-3-4-6-15(11)17(24)25-12(2)16(23)22-14-9-7-13(8-10-14)18(19,20)21/h3-10,12H,1-2H3,(H,22,23)/t12-/m0/s1. The number of anilines is 1. The summed E-state index contributed by atoms with van der Waals surface area (Å²) < 4.78 is 42.6. The smallest absolute Gasteiger partial charge is 0.416 e. The second kappa shape index (κ2) is 7.38. The first-order chi connectivity index (χ1) is 11.7. The molecule has 132 valence electrons. The average Bonchev–Trinajstić information content (AvgIpc) is 2.54. The van der Waals surface area contributed by atoms with Crippen LogP contribution in [0.25, 0.3) is 0 Å². The molecule has 2 aromatic rings. The molecule has 4 nitrogen and oxygen atoms in total. The van der Waals surface area contributed by atoms with Gasteiger partial charge in [-0.05, 0) is 49.7 Å². The van der Waals surface area contributed by atoms with E-state index in [4.69, 9.17) is 4.74 Å². The van der Waals surface area contributed by atoms with Crippen LogP contribution in [0.3, 0.4) is 0 Å². The molecule has 2 aromatic carbocycles. The molecule has 0 saturated heterocycles. The highest BCUT2D eigenvalue weighted by Crippen LogP contribution is 2.29. The van der Waals surface area contributed by atoms with Crippen LogP contribution in [0.15, 0.2) is 48.5 Å². The maximum Gasteiger partial charge on any atom is 0.416 e. The lowest BCUT2D eigenvalue weighted by molar-refractivity contribution is -0.137. The van der Waals surface area contributed by atoms with Gasteiger partial charge in [-0.15, -0.1) is 0 Å². The topological polar surface area (TPSA) is 55.4 Å². The minimum absolute atomic E-state index is 0.178. The molecular weight excluding hydrogens is 335 g/mol.